The molecule has 0 aliphatic rings. The SMILES string of the molecule is Cc1ccccc1NC(=O)COC(=O)/C=C/c1ccc(OCc2c(Cl)cccc2Cl)cc1. The number of carbonyl (C=O) groups is 2. The summed E-state index contributed by atoms with van der Waals surface area (Å²) in [6.45, 7) is 1.76. The van der Waals surface area contributed by atoms with E-state index in [4.69, 9.17) is 32.7 Å². The number of hydrogen-bond donors (Lipinski definition) is 1. The standard InChI is InChI=1S/C25H21Cl2NO4/c1-17-5-2-3-8-23(17)28-24(29)16-32-25(30)14-11-18-9-12-19(13-10-18)31-15-20-21(26)6-4-7-22(20)27/h2-14H,15-16H2,1H3,(H,28,29)/b14-11+. The zero-order valence-electron chi connectivity index (χ0n) is 17.3. The summed E-state index contributed by atoms with van der Waals surface area (Å²) < 4.78 is 10.7. The van der Waals surface area contributed by atoms with E-state index < -0.39 is 11.9 Å². The van der Waals surface area contributed by atoms with Crippen molar-refractivity contribution in [2.75, 3.05) is 11.9 Å². The van der Waals surface area contributed by atoms with Gasteiger partial charge in [0.25, 0.3) is 5.91 Å². The summed E-state index contributed by atoms with van der Waals surface area (Å²) in [5.41, 5.74) is 3.10. The van der Waals surface area contributed by atoms with E-state index in [1.807, 2.05) is 25.1 Å². The number of carbonyl (C=O) groups excluding carboxylic acids is 2. The van der Waals surface area contributed by atoms with Crippen molar-refractivity contribution in [1.29, 1.82) is 0 Å². The quantitative estimate of drug-likeness (QED) is 0.320. The third kappa shape index (κ3) is 6.87. The zero-order chi connectivity index (χ0) is 22.9. The van der Waals surface area contributed by atoms with Gasteiger partial charge in [0.05, 0.1) is 0 Å². The molecule has 1 amide bonds. The number of anilines is 1. The van der Waals surface area contributed by atoms with Crippen molar-refractivity contribution in [2.45, 2.75) is 13.5 Å². The molecule has 0 unspecified atom stereocenters. The first-order chi connectivity index (χ1) is 15.4. The molecule has 0 aromatic heterocycles. The first kappa shape index (κ1) is 23.4. The maximum atomic E-state index is 11.9. The Morgan fingerprint density at radius 1 is 0.938 bits per heavy atom. The van der Waals surface area contributed by atoms with Crippen LogP contribution in [0.3, 0.4) is 0 Å². The molecule has 5 nitrogen and oxygen atoms in total. The van der Waals surface area contributed by atoms with Gasteiger partial charge in [-0.15, -0.1) is 0 Å². The number of halogens is 2. The number of rotatable bonds is 8. The second-order valence-corrected chi connectivity index (χ2v) is 7.68. The Kier molecular flexibility index (Phi) is 8.31. The second-order valence-electron chi connectivity index (χ2n) is 6.86. The summed E-state index contributed by atoms with van der Waals surface area (Å²) in [4.78, 5) is 23.8. The Labute approximate surface area is 196 Å². The van der Waals surface area contributed by atoms with E-state index >= 15 is 0 Å². The molecule has 0 heterocycles. The van der Waals surface area contributed by atoms with Crippen LogP contribution in [0.4, 0.5) is 5.69 Å². The molecule has 0 saturated heterocycles. The van der Waals surface area contributed by atoms with Crippen LogP contribution in [0.5, 0.6) is 5.75 Å². The predicted molar refractivity (Wildman–Crippen MR) is 127 cm³/mol. The highest BCUT2D eigenvalue weighted by Crippen LogP contribution is 2.26. The predicted octanol–water partition coefficient (Wildman–Crippen LogP) is 6.08. The molecule has 0 aliphatic carbocycles. The third-order valence-corrected chi connectivity index (χ3v) is 5.21. The first-order valence-corrected chi connectivity index (χ1v) is 10.5. The topological polar surface area (TPSA) is 64.6 Å². The summed E-state index contributed by atoms with van der Waals surface area (Å²) in [7, 11) is 0. The Morgan fingerprint density at radius 2 is 1.62 bits per heavy atom. The van der Waals surface area contributed by atoms with Gasteiger partial charge < -0.3 is 14.8 Å². The van der Waals surface area contributed by atoms with Crippen molar-refractivity contribution in [3.63, 3.8) is 0 Å². The molecule has 0 saturated carbocycles. The Balaban J connectivity index is 1.46. The van der Waals surface area contributed by atoms with Crippen LogP contribution in [0.2, 0.25) is 10.0 Å². The highest BCUT2D eigenvalue weighted by Gasteiger charge is 2.08. The van der Waals surface area contributed by atoms with Crippen LogP contribution in [0, 0.1) is 6.92 Å². The molecule has 0 aliphatic heterocycles. The maximum Gasteiger partial charge on any atom is 0.331 e. The van der Waals surface area contributed by atoms with Gasteiger partial charge in [0.2, 0.25) is 0 Å². The molecule has 3 aromatic rings. The van der Waals surface area contributed by atoms with Crippen molar-refractivity contribution in [3.05, 3.63) is 99.5 Å². The monoisotopic (exact) mass is 469 g/mol. The summed E-state index contributed by atoms with van der Waals surface area (Å²) >= 11 is 12.3. The van der Waals surface area contributed by atoms with Crippen LogP contribution in [0.15, 0.2) is 72.8 Å². The third-order valence-electron chi connectivity index (χ3n) is 4.50. The fourth-order valence-electron chi connectivity index (χ4n) is 2.75. The zero-order valence-corrected chi connectivity index (χ0v) is 18.8. The molecule has 3 rings (SSSR count). The van der Waals surface area contributed by atoms with Crippen molar-refractivity contribution in [2.24, 2.45) is 0 Å². The van der Waals surface area contributed by atoms with Gasteiger partial charge in [-0.25, -0.2) is 4.79 Å². The summed E-state index contributed by atoms with van der Waals surface area (Å²) in [5, 5.41) is 3.79. The highest BCUT2D eigenvalue weighted by molar-refractivity contribution is 6.35. The van der Waals surface area contributed by atoms with Crippen molar-refractivity contribution >= 4 is 46.8 Å². The fraction of sp³-hybridized carbons (Fsp3) is 0.120. The van der Waals surface area contributed by atoms with Gasteiger partial charge in [0.15, 0.2) is 6.61 Å². The molecular weight excluding hydrogens is 449 g/mol. The van der Waals surface area contributed by atoms with E-state index in [9.17, 15) is 9.59 Å². The van der Waals surface area contributed by atoms with Crippen LogP contribution in [-0.2, 0) is 20.9 Å². The Bertz CT molecular complexity index is 1110. The number of aryl methyl sites for hydroxylation is 1. The molecule has 0 fully saturated rings. The van der Waals surface area contributed by atoms with Gasteiger partial charge in [-0.2, -0.15) is 0 Å². The molecule has 0 spiro atoms. The van der Waals surface area contributed by atoms with Gasteiger partial charge in [0.1, 0.15) is 12.4 Å². The van der Waals surface area contributed by atoms with Crippen LogP contribution >= 0.6 is 23.2 Å². The van der Waals surface area contributed by atoms with Gasteiger partial charge in [-0.3, -0.25) is 4.79 Å². The molecule has 3 aromatic carbocycles. The van der Waals surface area contributed by atoms with Gasteiger partial charge in [0, 0.05) is 27.4 Å². The van der Waals surface area contributed by atoms with Gasteiger partial charge in [-0.1, -0.05) is 59.6 Å². The van der Waals surface area contributed by atoms with E-state index in [-0.39, 0.29) is 13.2 Å². The van der Waals surface area contributed by atoms with E-state index in [0.717, 1.165) is 11.1 Å². The maximum absolute atomic E-state index is 11.9. The first-order valence-electron chi connectivity index (χ1n) is 9.78. The largest absolute Gasteiger partial charge is 0.489 e. The van der Waals surface area contributed by atoms with Crippen molar-refractivity contribution < 1.29 is 19.1 Å². The number of nitrogens with one attached hydrogen (secondary N) is 1. The van der Waals surface area contributed by atoms with Gasteiger partial charge in [-0.05, 0) is 54.5 Å². The van der Waals surface area contributed by atoms with E-state index in [0.29, 0.717) is 27.0 Å². The van der Waals surface area contributed by atoms with E-state index in [1.165, 1.54) is 6.08 Å². The minimum absolute atomic E-state index is 0.241. The normalized spacial score (nSPS) is 10.7. The molecule has 1 N–H and O–H groups in total. The summed E-state index contributed by atoms with van der Waals surface area (Å²) in [6.07, 6.45) is 2.86. The van der Waals surface area contributed by atoms with Crippen LogP contribution in [0.25, 0.3) is 6.08 Å². The molecule has 7 heteroatoms. The number of para-hydroxylation sites is 1. The lowest BCUT2D eigenvalue weighted by molar-refractivity contribution is -0.142. The Morgan fingerprint density at radius 3 is 2.31 bits per heavy atom. The van der Waals surface area contributed by atoms with Crippen LogP contribution < -0.4 is 10.1 Å². The average Bonchev–Trinajstić information content (AvgIpc) is 2.78. The highest BCUT2D eigenvalue weighted by atomic mass is 35.5. The molecular formula is C25H21Cl2NO4. The number of amides is 1. The minimum Gasteiger partial charge on any atom is -0.489 e. The summed E-state index contributed by atoms with van der Waals surface area (Å²) in [6, 6.07) is 19.8. The molecule has 0 radical (unpaired) electrons. The lowest BCUT2D eigenvalue weighted by Crippen LogP contribution is -2.20. The van der Waals surface area contributed by atoms with E-state index in [1.54, 1.807) is 54.6 Å². The molecule has 32 heavy (non-hydrogen) atoms. The number of ether oxygens (including phenoxy) is 2. The second kappa shape index (κ2) is 11.4. The van der Waals surface area contributed by atoms with Crippen LogP contribution in [0.1, 0.15) is 16.7 Å². The number of benzene rings is 3. The number of esters is 1. The fourth-order valence-corrected chi connectivity index (χ4v) is 3.26. The van der Waals surface area contributed by atoms with Gasteiger partial charge >= 0.3 is 5.97 Å². The smallest absolute Gasteiger partial charge is 0.331 e. The summed E-state index contributed by atoms with van der Waals surface area (Å²) in [5.74, 6) is -0.381. The molecule has 164 valence electrons. The minimum atomic E-state index is -0.612. The molecule has 0 atom stereocenters. The molecule has 0 bridgehead atoms. The Hall–Kier alpha value is -3.28. The lowest BCUT2D eigenvalue weighted by atomic mass is 10.2. The van der Waals surface area contributed by atoms with Crippen molar-refractivity contribution in [1.82, 2.24) is 0 Å². The van der Waals surface area contributed by atoms with E-state index in [2.05, 4.69) is 5.32 Å². The number of hydrogen-bond acceptors (Lipinski definition) is 4. The lowest BCUT2D eigenvalue weighted by Gasteiger charge is -2.09. The average molecular weight is 470 g/mol. The van der Waals surface area contributed by atoms with Crippen molar-refractivity contribution in [3.8, 4) is 5.75 Å². The van der Waals surface area contributed by atoms with Crippen LogP contribution in [-0.4, -0.2) is 18.5 Å².